The quantitative estimate of drug-likeness (QED) is 0.122. The lowest BCUT2D eigenvalue weighted by molar-refractivity contribution is -0.115. The molecule has 0 unspecified atom stereocenters. The topological polar surface area (TPSA) is 249 Å². The highest BCUT2D eigenvalue weighted by Crippen LogP contribution is 2.46. The SMILES string of the molecule is CNCC(=O)Nc1ccc(S(=O)(=O)O)c2cc(S(=O)(=O)O)c(N=Nc3ccc4ccccc4c3S(=O)(=O)O)c(O)c12. The zero-order chi connectivity index (χ0) is 30.3. The number of likely N-dealkylation sites (N-methyl/N-ethyl adjacent to an activating group) is 1. The van der Waals surface area contributed by atoms with E-state index >= 15 is 0 Å². The van der Waals surface area contributed by atoms with E-state index in [4.69, 9.17) is 0 Å². The van der Waals surface area contributed by atoms with Crippen LogP contribution >= 0.6 is 0 Å². The molecule has 18 heteroatoms. The summed E-state index contributed by atoms with van der Waals surface area (Å²) >= 11 is 0. The van der Waals surface area contributed by atoms with Crippen LogP contribution in [0, 0.1) is 0 Å². The van der Waals surface area contributed by atoms with E-state index in [2.05, 4.69) is 20.9 Å². The number of aromatic hydroxyl groups is 1. The van der Waals surface area contributed by atoms with Gasteiger partial charge in [-0.3, -0.25) is 18.5 Å². The van der Waals surface area contributed by atoms with Crippen LogP contribution in [0.1, 0.15) is 0 Å². The van der Waals surface area contributed by atoms with Gasteiger partial charge in [0, 0.05) is 10.8 Å². The molecule has 1 amide bonds. The van der Waals surface area contributed by atoms with Gasteiger partial charge in [0.15, 0.2) is 5.75 Å². The van der Waals surface area contributed by atoms with Crippen LogP contribution in [0.4, 0.5) is 17.1 Å². The Hall–Kier alpha value is -4.04. The van der Waals surface area contributed by atoms with Crippen LogP contribution in [0.25, 0.3) is 21.5 Å². The number of hydrogen-bond acceptors (Lipinski definition) is 11. The molecule has 4 aromatic rings. The first-order chi connectivity index (χ1) is 19.0. The monoisotopic (exact) mass is 624 g/mol. The predicted octanol–water partition coefficient (Wildman–Crippen LogP) is 3.01. The molecule has 41 heavy (non-hydrogen) atoms. The number of rotatable bonds is 8. The number of hydrogen-bond donors (Lipinski definition) is 6. The lowest BCUT2D eigenvalue weighted by Crippen LogP contribution is -2.25. The van der Waals surface area contributed by atoms with Crippen LogP contribution in [0.15, 0.2) is 79.5 Å². The van der Waals surface area contributed by atoms with Crippen molar-refractivity contribution in [1.82, 2.24) is 5.32 Å². The van der Waals surface area contributed by atoms with E-state index in [1.54, 1.807) is 12.1 Å². The fraction of sp³-hybridized carbons (Fsp3) is 0.0870. The lowest BCUT2D eigenvalue weighted by Gasteiger charge is -2.15. The number of carbonyl (C=O) groups excluding carboxylic acids is 1. The van der Waals surface area contributed by atoms with Gasteiger partial charge >= 0.3 is 0 Å². The van der Waals surface area contributed by atoms with E-state index in [-0.39, 0.29) is 17.6 Å². The summed E-state index contributed by atoms with van der Waals surface area (Å²) in [5, 5.41) is 22.7. The molecule has 0 aliphatic carbocycles. The zero-order valence-corrected chi connectivity index (χ0v) is 23.1. The maximum absolute atomic E-state index is 12.3. The minimum absolute atomic E-state index is 0.0384. The van der Waals surface area contributed by atoms with Gasteiger partial charge in [0.2, 0.25) is 5.91 Å². The Labute approximate surface area is 232 Å². The molecule has 0 fully saturated rings. The number of amides is 1. The average molecular weight is 625 g/mol. The van der Waals surface area contributed by atoms with Gasteiger partial charge in [-0.1, -0.05) is 30.3 Å². The smallest absolute Gasteiger partial charge is 0.297 e. The van der Waals surface area contributed by atoms with Crippen molar-refractivity contribution in [2.45, 2.75) is 14.7 Å². The third-order valence-corrected chi connectivity index (χ3v) is 8.44. The minimum atomic E-state index is -5.29. The van der Waals surface area contributed by atoms with Crippen molar-refractivity contribution >= 4 is 74.9 Å². The van der Waals surface area contributed by atoms with Gasteiger partial charge in [0.25, 0.3) is 30.4 Å². The number of nitrogens with zero attached hydrogens (tertiary/aromatic N) is 2. The number of fused-ring (bicyclic) bond motifs is 2. The maximum Gasteiger partial charge on any atom is 0.297 e. The average Bonchev–Trinajstić information content (AvgIpc) is 2.85. The second-order valence-corrected chi connectivity index (χ2v) is 12.6. The number of carbonyl (C=O) groups is 1. The van der Waals surface area contributed by atoms with Gasteiger partial charge < -0.3 is 15.7 Å². The molecule has 0 aliphatic heterocycles. The summed E-state index contributed by atoms with van der Waals surface area (Å²) in [5.41, 5.74) is -1.71. The second-order valence-electron chi connectivity index (χ2n) is 8.44. The first kappa shape index (κ1) is 29.9. The Bertz CT molecular complexity index is 2090. The molecule has 0 saturated carbocycles. The molecular weight excluding hydrogens is 604 g/mol. The van der Waals surface area contributed by atoms with Crippen molar-refractivity contribution in [1.29, 1.82) is 0 Å². The van der Waals surface area contributed by atoms with Crippen LogP contribution in [-0.4, -0.2) is 63.5 Å². The summed E-state index contributed by atoms with van der Waals surface area (Å²) in [7, 11) is -13.8. The molecule has 4 aromatic carbocycles. The van der Waals surface area contributed by atoms with Gasteiger partial charge in [0.05, 0.1) is 17.6 Å². The molecule has 4 rings (SSSR count). The van der Waals surface area contributed by atoms with E-state index < -0.39 is 78.8 Å². The lowest BCUT2D eigenvalue weighted by atomic mass is 10.1. The van der Waals surface area contributed by atoms with Crippen LogP contribution < -0.4 is 10.6 Å². The molecule has 0 spiro atoms. The molecule has 0 aromatic heterocycles. The molecule has 15 nitrogen and oxygen atoms in total. The van der Waals surface area contributed by atoms with Gasteiger partial charge in [-0.25, -0.2) is 0 Å². The highest BCUT2D eigenvalue weighted by Gasteiger charge is 2.28. The van der Waals surface area contributed by atoms with Gasteiger partial charge in [0.1, 0.15) is 26.1 Å². The fourth-order valence-corrected chi connectivity index (χ4v) is 6.26. The van der Waals surface area contributed by atoms with Crippen molar-refractivity contribution in [3.63, 3.8) is 0 Å². The van der Waals surface area contributed by atoms with E-state index in [0.717, 1.165) is 18.2 Å². The van der Waals surface area contributed by atoms with Crippen molar-refractivity contribution in [3.05, 3.63) is 54.6 Å². The van der Waals surface area contributed by atoms with Crippen LogP contribution in [0.2, 0.25) is 0 Å². The Morgan fingerprint density at radius 2 is 1.46 bits per heavy atom. The van der Waals surface area contributed by atoms with Crippen LogP contribution in [0.5, 0.6) is 5.75 Å². The number of anilines is 1. The molecule has 0 atom stereocenters. The molecule has 6 N–H and O–H groups in total. The third kappa shape index (κ3) is 6.03. The number of phenolic OH excluding ortho intramolecular Hbond substituents is 1. The van der Waals surface area contributed by atoms with Crippen LogP contribution in [-0.2, 0) is 35.1 Å². The normalized spacial score (nSPS) is 12.8. The Kier molecular flexibility index (Phi) is 7.84. The summed E-state index contributed by atoms with van der Waals surface area (Å²) in [6.07, 6.45) is 0. The molecule has 0 heterocycles. The highest BCUT2D eigenvalue weighted by atomic mass is 32.2. The predicted molar refractivity (Wildman–Crippen MR) is 146 cm³/mol. The molecule has 216 valence electrons. The maximum atomic E-state index is 12.3. The summed E-state index contributed by atoms with van der Waals surface area (Å²) in [5.74, 6) is -1.78. The number of nitrogens with one attached hydrogen (secondary N) is 2. The Morgan fingerprint density at radius 1 is 0.805 bits per heavy atom. The van der Waals surface area contributed by atoms with Crippen molar-refractivity contribution in [2.75, 3.05) is 18.9 Å². The van der Waals surface area contributed by atoms with Crippen LogP contribution in [0.3, 0.4) is 0 Å². The molecule has 0 aliphatic rings. The van der Waals surface area contributed by atoms with Crippen molar-refractivity contribution < 1.29 is 48.8 Å². The van der Waals surface area contributed by atoms with Gasteiger partial charge in [-0.15, -0.1) is 10.2 Å². The van der Waals surface area contributed by atoms with E-state index in [1.165, 1.54) is 25.2 Å². The van der Waals surface area contributed by atoms with E-state index in [9.17, 15) is 48.8 Å². The third-order valence-electron chi connectivity index (χ3n) is 5.72. The minimum Gasteiger partial charge on any atom is -0.505 e. The molecule has 0 saturated heterocycles. The largest absolute Gasteiger partial charge is 0.505 e. The first-order valence-corrected chi connectivity index (χ1v) is 15.5. The highest BCUT2D eigenvalue weighted by molar-refractivity contribution is 7.86. The first-order valence-electron chi connectivity index (χ1n) is 11.2. The fourth-order valence-electron chi connectivity index (χ4n) is 4.10. The van der Waals surface area contributed by atoms with Gasteiger partial charge in [-0.2, -0.15) is 25.3 Å². The second kappa shape index (κ2) is 10.7. The zero-order valence-electron chi connectivity index (χ0n) is 20.7. The number of benzene rings is 4. The number of azo groups is 1. The number of phenols is 1. The summed E-state index contributed by atoms with van der Waals surface area (Å²) < 4.78 is 103. The Balaban J connectivity index is 2.09. The summed E-state index contributed by atoms with van der Waals surface area (Å²) in [4.78, 5) is 9.48. The molecule has 0 radical (unpaired) electrons. The standard InChI is InChI=1S/C23H20N4O11S3/c1-24-11-19(28)25-15-8-9-17(39(30,31)32)14-10-18(40(33,34)35)21(22(29)20(14)15)27-26-16-7-6-12-4-2-3-5-13(12)23(16)41(36,37)38/h2-10,24,29H,11H2,1H3,(H,25,28)(H,30,31,32)(H,33,34,35)(H,36,37,38). The Morgan fingerprint density at radius 3 is 2.07 bits per heavy atom. The summed E-state index contributed by atoms with van der Waals surface area (Å²) in [6, 6.07) is 11.0. The molecule has 0 bridgehead atoms. The van der Waals surface area contributed by atoms with Crippen molar-refractivity contribution in [2.24, 2.45) is 10.2 Å². The molecular formula is C23H20N4O11S3. The van der Waals surface area contributed by atoms with E-state index in [1.807, 2.05) is 0 Å². The van der Waals surface area contributed by atoms with E-state index in [0.29, 0.717) is 11.5 Å². The van der Waals surface area contributed by atoms with Crippen molar-refractivity contribution in [3.8, 4) is 5.75 Å². The van der Waals surface area contributed by atoms with Gasteiger partial charge in [-0.05, 0) is 36.7 Å². The summed E-state index contributed by atoms with van der Waals surface area (Å²) in [6.45, 7) is -0.224.